The van der Waals surface area contributed by atoms with Crippen LogP contribution in [-0.2, 0) is 9.47 Å². The first-order valence-corrected chi connectivity index (χ1v) is 3.94. The molecule has 0 aromatic carbocycles. The summed E-state index contributed by atoms with van der Waals surface area (Å²) in [4.78, 5) is 0. The molecule has 0 unspecified atom stereocenters. The minimum absolute atomic E-state index is 0.0208. The molecule has 2 atom stereocenters. The normalized spacial score (nSPS) is 53.4. The molecule has 2 fully saturated rings. The minimum Gasteiger partial charge on any atom is -0.372 e. The highest BCUT2D eigenvalue weighted by atomic mass is 16.6. The molecule has 2 aliphatic rings. The molecule has 2 nitrogen and oxygen atoms in total. The number of hydrogen-bond acceptors (Lipinski definition) is 2. The second kappa shape index (κ2) is 1.74. The highest BCUT2D eigenvalue weighted by Gasteiger charge is 2.54. The van der Waals surface area contributed by atoms with Gasteiger partial charge in [0.15, 0.2) is 0 Å². The van der Waals surface area contributed by atoms with E-state index < -0.39 is 0 Å². The maximum atomic E-state index is 5.64. The zero-order chi connectivity index (χ0) is 7.24. The average molecular weight is 142 g/mol. The van der Waals surface area contributed by atoms with Crippen LogP contribution >= 0.6 is 0 Å². The lowest BCUT2D eigenvalue weighted by molar-refractivity contribution is -0.0641. The van der Waals surface area contributed by atoms with Crippen molar-refractivity contribution >= 4 is 0 Å². The molecule has 0 aliphatic carbocycles. The Morgan fingerprint density at radius 2 is 1.30 bits per heavy atom. The first-order valence-electron chi connectivity index (χ1n) is 3.94. The summed E-state index contributed by atoms with van der Waals surface area (Å²) in [6.07, 6.45) is 2.12. The molecule has 0 aromatic heterocycles. The lowest BCUT2D eigenvalue weighted by atomic mass is 9.86. The molecule has 2 heterocycles. The van der Waals surface area contributed by atoms with Gasteiger partial charge >= 0.3 is 0 Å². The van der Waals surface area contributed by atoms with E-state index in [1.807, 2.05) is 0 Å². The number of fused-ring (bicyclic) bond motifs is 1. The maximum absolute atomic E-state index is 5.64. The monoisotopic (exact) mass is 142 g/mol. The van der Waals surface area contributed by atoms with Gasteiger partial charge in [0.2, 0.25) is 0 Å². The van der Waals surface area contributed by atoms with Crippen molar-refractivity contribution in [3.63, 3.8) is 0 Å². The first-order chi connectivity index (χ1) is 4.66. The highest BCUT2D eigenvalue weighted by molar-refractivity contribution is 5.04. The fourth-order valence-electron chi connectivity index (χ4n) is 1.92. The van der Waals surface area contributed by atoms with Gasteiger partial charge in [-0.05, 0) is 13.8 Å². The number of hydrogen-bond donors (Lipinski definition) is 0. The zero-order valence-electron chi connectivity index (χ0n) is 6.64. The second-order valence-electron chi connectivity index (χ2n) is 3.66. The van der Waals surface area contributed by atoms with E-state index in [1.54, 1.807) is 0 Å². The van der Waals surface area contributed by atoms with Gasteiger partial charge < -0.3 is 9.47 Å². The molecule has 2 saturated heterocycles. The molecule has 0 spiro atoms. The summed E-state index contributed by atoms with van der Waals surface area (Å²) in [7, 11) is 0. The van der Waals surface area contributed by atoms with E-state index in [0.717, 1.165) is 26.1 Å². The van der Waals surface area contributed by atoms with Crippen molar-refractivity contribution in [2.75, 3.05) is 13.2 Å². The lowest BCUT2D eigenvalue weighted by Crippen LogP contribution is -2.41. The minimum atomic E-state index is 0.0208. The number of ether oxygens (including phenoxy) is 2. The Labute approximate surface area is 61.5 Å². The van der Waals surface area contributed by atoms with E-state index in [1.165, 1.54) is 0 Å². The van der Waals surface area contributed by atoms with Crippen LogP contribution < -0.4 is 0 Å². The van der Waals surface area contributed by atoms with Gasteiger partial charge in [-0.25, -0.2) is 0 Å². The van der Waals surface area contributed by atoms with Crippen molar-refractivity contribution in [2.45, 2.75) is 37.9 Å². The maximum Gasteiger partial charge on any atom is 0.0962 e. The van der Waals surface area contributed by atoms with Gasteiger partial charge in [0.05, 0.1) is 24.4 Å². The summed E-state index contributed by atoms with van der Waals surface area (Å²) in [6, 6.07) is 0. The summed E-state index contributed by atoms with van der Waals surface area (Å²) in [5, 5.41) is 0. The quantitative estimate of drug-likeness (QED) is 0.508. The van der Waals surface area contributed by atoms with Crippen LogP contribution in [0.1, 0.15) is 26.7 Å². The molecule has 2 aliphatic heterocycles. The van der Waals surface area contributed by atoms with E-state index in [0.29, 0.717) is 0 Å². The Morgan fingerprint density at radius 1 is 0.900 bits per heavy atom. The van der Waals surface area contributed by atoms with Gasteiger partial charge in [-0.15, -0.1) is 0 Å². The molecule has 0 aromatic rings. The second-order valence-corrected chi connectivity index (χ2v) is 3.66. The first kappa shape index (κ1) is 6.62. The Balaban J connectivity index is 2.30. The average Bonchev–Trinajstić information content (AvgIpc) is 2.20. The molecular formula is C8H14O2. The van der Waals surface area contributed by atoms with Crippen molar-refractivity contribution < 1.29 is 9.47 Å². The Hall–Kier alpha value is -0.0800. The van der Waals surface area contributed by atoms with Crippen LogP contribution in [-0.4, -0.2) is 24.4 Å². The molecule has 0 radical (unpaired) electrons. The summed E-state index contributed by atoms with van der Waals surface area (Å²) in [5.74, 6) is 0. The van der Waals surface area contributed by atoms with Gasteiger partial charge in [0.25, 0.3) is 0 Å². The number of rotatable bonds is 0. The Kier molecular flexibility index (Phi) is 1.15. The van der Waals surface area contributed by atoms with Crippen LogP contribution in [0.3, 0.4) is 0 Å². The van der Waals surface area contributed by atoms with E-state index in [9.17, 15) is 0 Å². The predicted octanol–water partition coefficient (Wildman–Crippen LogP) is 1.34. The molecule has 0 N–H and O–H groups in total. The van der Waals surface area contributed by atoms with Crippen LogP contribution in [0.15, 0.2) is 0 Å². The molecule has 0 amide bonds. The van der Waals surface area contributed by atoms with Gasteiger partial charge in [-0.2, -0.15) is 0 Å². The predicted molar refractivity (Wildman–Crippen MR) is 37.9 cm³/mol. The molecular weight excluding hydrogens is 128 g/mol. The van der Waals surface area contributed by atoms with Gasteiger partial charge in [-0.3, -0.25) is 0 Å². The largest absolute Gasteiger partial charge is 0.372 e. The Bertz CT molecular complexity index is 127. The summed E-state index contributed by atoms with van der Waals surface area (Å²) in [6.45, 7) is 6.06. The van der Waals surface area contributed by atoms with E-state index >= 15 is 0 Å². The van der Waals surface area contributed by atoms with Crippen LogP contribution in [0.2, 0.25) is 0 Å². The fraction of sp³-hybridized carbons (Fsp3) is 1.00. The van der Waals surface area contributed by atoms with E-state index in [-0.39, 0.29) is 11.2 Å². The molecule has 2 rings (SSSR count). The van der Waals surface area contributed by atoms with Crippen molar-refractivity contribution in [1.29, 1.82) is 0 Å². The fourth-order valence-corrected chi connectivity index (χ4v) is 1.92. The zero-order valence-corrected chi connectivity index (χ0v) is 6.64. The van der Waals surface area contributed by atoms with E-state index in [4.69, 9.17) is 9.47 Å². The van der Waals surface area contributed by atoms with Crippen molar-refractivity contribution in [1.82, 2.24) is 0 Å². The van der Waals surface area contributed by atoms with Crippen molar-refractivity contribution in [2.24, 2.45) is 0 Å². The third-order valence-electron chi connectivity index (χ3n) is 3.12. The molecule has 0 saturated carbocycles. The molecule has 10 heavy (non-hydrogen) atoms. The summed E-state index contributed by atoms with van der Waals surface area (Å²) >= 11 is 0. The molecule has 0 bridgehead atoms. The topological polar surface area (TPSA) is 18.5 Å². The Morgan fingerprint density at radius 3 is 1.70 bits per heavy atom. The van der Waals surface area contributed by atoms with E-state index in [2.05, 4.69) is 13.8 Å². The van der Waals surface area contributed by atoms with Crippen LogP contribution in [0.5, 0.6) is 0 Å². The third kappa shape index (κ3) is 0.611. The van der Waals surface area contributed by atoms with Crippen LogP contribution in [0.25, 0.3) is 0 Å². The lowest BCUT2D eigenvalue weighted by Gasteiger charge is -2.30. The van der Waals surface area contributed by atoms with Gasteiger partial charge in [-0.1, -0.05) is 0 Å². The van der Waals surface area contributed by atoms with Crippen LogP contribution in [0.4, 0.5) is 0 Å². The van der Waals surface area contributed by atoms with Crippen molar-refractivity contribution in [3.8, 4) is 0 Å². The smallest absolute Gasteiger partial charge is 0.0962 e. The SMILES string of the molecule is C[C@]12CCO[C@@]1(C)CCO2. The molecule has 2 heteroatoms. The summed E-state index contributed by atoms with van der Waals surface area (Å²) in [5.41, 5.74) is 0.0417. The third-order valence-corrected chi connectivity index (χ3v) is 3.12. The van der Waals surface area contributed by atoms with Crippen molar-refractivity contribution in [3.05, 3.63) is 0 Å². The van der Waals surface area contributed by atoms with Gasteiger partial charge in [0.1, 0.15) is 0 Å². The summed E-state index contributed by atoms with van der Waals surface area (Å²) < 4.78 is 11.3. The molecule has 58 valence electrons. The van der Waals surface area contributed by atoms with Gasteiger partial charge in [0, 0.05) is 12.8 Å². The highest BCUT2D eigenvalue weighted by Crippen LogP contribution is 2.45. The van der Waals surface area contributed by atoms with Crippen LogP contribution in [0, 0.1) is 0 Å². The standard InChI is InChI=1S/C8H14O2/c1-7-3-5-10-8(7,2)4-6-9-7/h3-6H2,1-2H3/t7-,8-/m0/s1.